The lowest BCUT2D eigenvalue weighted by molar-refractivity contribution is 0.930. The van der Waals surface area contributed by atoms with Crippen LogP contribution in [0.2, 0.25) is 5.15 Å². The van der Waals surface area contributed by atoms with Gasteiger partial charge in [0.25, 0.3) is 0 Å². The third-order valence-electron chi connectivity index (χ3n) is 2.80. The van der Waals surface area contributed by atoms with Crippen LogP contribution in [0.1, 0.15) is 17.0 Å². The Morgan fingerprint density at radius 1 is 1.28 bits per heavy atom. The molecule has 3 aromatic rings. The van der Waals surface area contributed by atoms with E-state index in [2.05, 4.69) is 40.3 Å². The Hall–Kier alpha value is -1.94. The lowest BCUT2D eigenvalue weighted by Crippen LogP contribution is -1.97. The quantitative estimate of drug-likeness (QED) is 0.710. The SMILES string of the molecule is Cc1cccc(Cc2nnc3c(Cl)nccn23)c1. The summed E-state index contributed by atoms with van der Waals surface area (Å²) in [5.41, 5.74) is 3.04. The van der Waals surface area contributed by atoms with Crippen LogP contribution in [0, 0.1) is 6.92 Å². The van der Waals surface area contributed by atoms with Crippen molar-refractivity contribution in [2.45, 2.75) is 13.3 Å². The Morgan fingerprint density at radius 2 is 2.17 bits per heavy atom. The zero-order valence-corrected chi connectivity index (χ0v) is 10.6. The van der Waals surface area contributed by atoms with E-state index >= 15 is 0 Å². The third kappa shape index (κ3) is 1.95. The molecule has 4 nitrogen and oxygen atoms in total. The van der Waals surface area contributed by atoms with E-state index in [1.54, 1.807) is 6.20 Å². The highest BCUT2D eigenvalue weighted by molar-refractivity contribution is 6.32. The fraction of sp³-hybridized carbons (Fsp3) is 0.154. The van der Waals surface area contributed by atoms with Crippen LogP contribution in [0.5, 0.6) is 0 Å². The monoisotopic (exact) mass is 258 g/mol. The van der Waals surface area contributed by atoms with Gasteiger partial charge in [-0.25, -0.2) is 4.98 Å². The number of hydrogen-bond donors (Lipinski definition) is 0. The number of fused-ring (bicyclic) bond motifs is 1. The third-order valence-corrected chi connectivity index (χ3v) is 3.07. The molecule has 1 aromatic carbocycles. The van der Waals surface area contributed by atoms with Gasteiger partial charge < -0.3 is 0 Å². The zero-order valence-electron chi connectivity index (χ0n) is 9.84. The summed E-state index contributed by atoms with van der Waals surface area (Å²) < 4.78 is 1.87. The van der Waals surface area contributed by atoms with E-state index in [4.69, 9.17) is 11.6 Å². The van der Waals surface area contributed by atoms with Crippen molar-refractivity contribution in [3.63, 3.8) is 0 Å². The van der Waals surface area contributed by atoms with E-state index in [-0.39, 0.29) is 0 Å². The van der Waals surface area contributed by atoms with Crippen molar-refractivity contribution in [2.24, 2.45) is 0 Å². The number of aryl methyl sites for hydroxylation is 1. The molecule has 0 radical (unpaired) electrons. The Kier molecular flexibility index (Phi) is 2.72. The molecule has 2 aromatic heterocycles. The first kappa shape index (κ1) is 11.2. The van der Waals surface area contributed by atoms with Gasteiger partial charge in [0.2, 0.25) is 0 Å². The van der Waals surface area contributed by atoms with Crippen molar-refractivity contribution < 1.29 is 0 Å². The number of hydrogen-bond acceptors (Lipinski definition) is 3. The average molecular weight is 259 g/mol. The van der Waals surface area contributed by atoms with Crippen LogP contribution in [0.25, 0.3) is 5.65 Å². The molecule has 0 aliphatic carbocycles. The van der Waals surface area contributed by atoms with Crippen molar-refractivity contribution in [3.05, 3.63) is 58.8 Å². The summed E-state index contributed by atoms with van der Waals surface area (Å²) in [6.45, 7) is 2.08. The molecule has 0 unspecified atom stereocenters. The second-order valence-electron chi connectivity index (χ2n) is 4.19. The standard InChI is InChI=1S/C13H11ClN4/c1-9-3-2-4-10(7-9)8-11-16-17-13-12(14)15-5-6-18(11)13/h2-7H,8H2,1H3. The van der Waals surface area contributed by atoms with Crippen LogP contribution in [-0.2, 0) is 6.42 Å². The van der Waals surface area contributed by atoms with E-state index < -0.39 is 0 Å². The molecule has 18 heavy (non-hydrogen) atoms. The maximum Gasteiger partial charge on any atom is 0.198 e. The molecule has 2 heterocycles. The number of aromatic nitrogens is 4. The molecule has 0 atom stereocenters. The van der Waals surface area contributed by atoms with Crippen molar-refractivity contribution >= 4 is 17.2 Å². The van der Waals surface area contributed by atoms with Crippen molar-refractivity contribution in [2.75, 3.05) is 0 Å². The highest BCUT2D eigenvalue weighted by Gasteiger charge is 2.09. The number of rotatable bonds is 2. The van der Waals surface area contributed by atoms with Gasteiger partial charge in [0.05, 0.1) is 0 Å². The van der Waals surface area contributed by atoms with E-state index in [0.29, 0.717) is 10.8 Å². The summed E-state index contributed by atoms with van der Waals surface area (Å²) in [4.78, 5) is 3.98. The molecule has 0 saturated carbocycles. The molecule has 0 N–H and O–H groups in total. The zero-order chi connectivity index (χ0) is 12.5. The highest BCUT2D eigenvalue weighted by Crippen LogP contribution is 2.15. The van der Waals surface area contributed by atoms with E-state index in [0.717, 1.165) is 12.2 Å². The first-order chi connectivity index (χ1) is 8.74. The van der Waals surface area contributed by atoms with Gasteiger partial charge >= 0.3 is 0 Å². The van der Waals surface area contributed by atoms with Crippen molar-refractivity contribution in [3.8, 4) is 0 Å². The summed E-state index contributed by atoms with van der Waals surface area (Å²) >= 11 is 5.96. The van der Waals surface area contributed by atoms with Crippen LogP contribution < -0.4 is 0 Å². The lowest BCUT2D eigenvalue weighted by atomic mass is 10.1. The summed E-state index contributed by atoms with van der Waals surface area (Å²) in [5, 5.41) is 8.60. The first-order valence-corrected chi connectivity index (χ1v) is 6.01. The molecule has 0 amide bonds. The molecular formula is C13H11ClN4. The molecule has 0 aliphatic heterocycles. The second kappa shape index (κ2) is 4.38. The predicted octanol–water partition coefficient (Wildman–Crippen LogP) is 2.68. The summed E-state index contributed by atoms with van der Waals surface area (Å²) in [7, 11) is 0. The van der Waals surface area contributed by atoms with Crippen LogP contribution in [0.3, 0.4) is 0 Å². The first-order valence-electron chi connectivity index (χ1n) is 5.64. The average Bonchev–Trinajstić information content (AvgIpc) is 2.74. The second-order valence-corrected chi connectivity index (χ2v) is 4.55. The van der Waals surface area contributed by atoms with Gasteiger partial charge in [-0.05, 0) is 12.5 Å². The Bertz CT molecular complexity index is 705. The molecule has 5 heteroatoms. The molecule has 3 rings (SSSR count). The van der Waals surface area contributed by atoms with Gasteiger partial charge in [-0.1, -0.05) is 41.4 Å². The number of benzene rings is 1. The van der Waals surface area contributed by atoms with E-state index in [1.165, 1.54) is 11.1 Å². The van der Waals surface area contributed by atoms with Gasteiger partial charge in [-0.2, -0.15) is 0 Å². The fourth-order valence-electron chi connectivity index (χ4n) is 1.97. The minimum Gasteiger partial charge on any atom is -0.282 e. The van der Waals surface area contributed by atoms with E-state index in [9.17, 15) is 0 Å². The van der Waals surface area contributed by atoms with Gasteiger partial charge in [0, 0.05) is 18.8 Å². The maximum atomic E-state index is 5.96. The fourth-order valence-corrected chi connectivity index (χ4v) is 2.15. The van der Waals surface area contributed by atoms with Crippen LogP contribution in [0.4, 0.5) is 0 Å². The Morgan fingerprint density at radius 3 is 3.00 bits per heavy atom. The maximum absolute atomic E-state index is 5.96. The van der Waals surface area contributed by atoms with Gasteiger partial charge in [-0.15, -0.1) is 10.2 Å². The van der Waals surface area contributed by atoms with Crippen LogP contribution in [-0.4, -0.2) is 19.6 Å². The van der Waals surface area contributed by atoms with Crippen molar-refractivity contribution in [1.29, 1.82) is 0 Å². The van der Waals surface area contributed by atoms with Crippen molar-refractivity contribution in [1.82, 2.24) is 19.6 Å². The van der Waals surface area contributed by atoms with Gasteiger partial charge in [0.15, 0.2) is 10.8 Å². The molecular weight excluding hydrogens is 248 g/mol. The molecule has 0 saturated heterocycles. The highest BCUT2D eigenvalue weighted by atomic mass is 35.5. The smallest absolute Gasteiger partial charge is 0.198 e. The largest absolute Gasteiger partial charge is 0.282 e. The lowest BCUT2D eigenvalue weighted by Gasteiger charge is -2.01. The Balaban J connectivity index is 2.03. The Labute approximate surface area is 109 Å². The molecule has 0 bridgehead atoms. The van der Waals surface area contributed by atoms with Gasteiger partial charge in [0.1, 0.15) is 5.82 Å². The number of nitrogens with zero attached hydrogens (tertiary/aromatic N) is 4. The van der Waals surface area contributed by atoms with Gasteiger partial charge in [-0.3, -0.25) is 4.40 Å². The molecule has 0 fully saturated rings. The molecule has 0 aliphatic rings. The predicted molar refractivity (Wildman–Crippen MR) is 69.8 cm³/mol. The van der Waals surface area contributed by atoms with Crippen LogP contribution in [0.15, 0.2) is 36.7 Å². The topological polar surface area (TPSA) is 43.1 Å². The summed E-state index contributed by atoms with van der Waals surface area (Å²) in [6.07, 6.45) is 4.20. The minimum atomic E-state index is 0.375. The molecule has 90 valence electrons. The minimum absolute atomic E-state index is 0.375. The summed E-state index contributed by atoms with van der Waals surface area (Å²) in [5.74, 6) is 0.861. The number of halogens is 1. The van der Waals surface area contributed by atoms with E-state index in [1.807, 2.05) is 16.7 Å². The molecule has 0 spiro atoms. The summed E-state index contributed by atoms with van der Waals surface area (Å²) in [6, 6.07) is 8.34. The normalized spacial score (nSPS) is 11.0. The van der Waals surface area contributed by atoms with Crippen LogP contribution >= 0.6 is 11.6 Å².